The smallest absolute Gasteiger partial charge is 0.274 e. The first-order valence-corrected chi connectivity index (χ1v) is 7.73. The largest absolute Gasteiger partial charge is 0.370 e. The van der Waals surface area contributed by atoms with Crippen LogP contribution >= 0.6 is 39.1 Å². The van der Waals surface area contributed by atoms with E-state index in [1.807, 2.05) is 6.92 Å². The van der Waals surface area contributed by atoms with Crippen LogP contribution in [0, 0.1) is 0 Å². The maximum atomic E-state index is 12.2. The van der Waals surface area contributed by atoms with E-state index < -0.39 is 0 Å². The lowest BCUT2D eigenvalue weighted by Gasteiger charge is -2.10. The summed E-state index contributed by atoms with van der Waals surface area (Å²) >= 11 is 15.5. The molecule has 0 saturated heterocycles. The second-order valence-corrected chi connectivity index (χ2v) is 5.87. The van der Waals surface area contributed by atoms with Gasteiger partial charge in [-0.25, -0.2) is 4.98 Å². The predicted octanol–water partition coefficient (Wildman–Crippen LogP) is 4.84. The van der Waals surface area contributed by atoms with E-state index in [1.54, 1.807) is 30.3 Å². The van der Waals surface area contributed by atoms with Gasteiger partial charge in [0.15, 0.2) is 0 Å². The molecule has 0 radical (unpaired) electrons. The molecule has 0 atom stereocenters. The van der Waals surface area contributed by atoms with Crippen LogP contribution in [0.3, 0.4) is 0 Å². The van der Waals surface area contributed by atoms with Crippen molar-refractivity contribution in [1.82, 2.24) is 4.98 Å². The molecule has 2 rings (SSSR count). The van der Waals surface area contributed by atoms with Gasteiger partial charge >= 0.3 is 0 Å². The third-order valence-electron chi connectivity index (χ3n) is 2.59. The van der Waals surface area contributed by atoms with Crippen molar-refractivity contribution in [3.8, 4) is 0 Å². The molecule has 0 spiro atoms. The number of amides is 1. The van der Waals surface area contributed by atoms with Crippen molar-refractivity contribution >= 4 is 56.5 Å². The van der Waals surface area contributed by atoms with Gasteiger partial charge in [0.2, 0.25) is 0 Å². The molecule has 2 N–H and O–H groups in total. The SMILES string of the molecule is CCNc1cccc(C(=O)Nc2c(Cl)cc(Br)cc2Cl)n1. The van der Waals surface area contributed by atoms with E-state index in [9.17, 15) is 4.79 Å². The van der Waals surface area contributed by atoms with E-state index >= 15 is 0 Å². The minimum Gasteiger partial charge on any atom is -0.370 e. The summed E-state index contributed by atoms with van der Waals surface area (Å²) in [5, 5.41) is 6.43. The standard InChI is InChI=1S/C14H12BrCl2N3O/c1-2-18-12-5-3-4-11(19-12)14(21)20-13-9(16)6-8(15)7-10(13)17/h3-7H,2H2,1H3,(H,18,19)(H,20,21). The zero-order chi connectivity index (χ0) is 15.4. The summed E-state index contributed by atoms with van der Waals surface area (Å²) in [5.41, 5.74) is 0.644. The average Bonchev–Trinajstić information content (AvgIpc) is 2.43. The maximum absolute atomic E-state index is 12.2. The highest BCUT2D eigenvalue weighted by Crippen LogP contribution is 2.34. The zero-order valence-electron chi connectivity index (χ0n) is 11.1. The second-order valence-electron chi connectivity index (χ2n) is 4.14. The fraction of sp³-hybridized carbons (Fsp3) is 0.143. The number of aromatic nitrogens is 1. The Bertz CT molecular complexity index is 656. The number of anilines is 2. The third-order valence-corrected chi connectivity index (χ3v) is 3.64. The maximum Gasteiger partial charge on any atom is 0.274 e. The quantitative estimate of drug-likeness (QED) is 0.788. The van der Waals surface area contributed by atoms with Crippen molar-refractivity contribution in [1.29, 1.82) is 0 Å². The lowest BCUT2D eigenvalue weighted by atomic mass is 10.3. The summed E-state index contributed by atoms with van der Waals surface area (Å²) in [5.74, 6) is 0.263. The average molecular weight is 389 g/mol. The highest BCUT2D eigenvalue weighted by Gasteiger charge is 2.14. The summed E-state index contributed by atoms with van der Waals surface area (Å²) in [4.78, 5) is 16.4. The Morgan fingerprint density at radius 1 is 1.29 bits per heavy atom. The Labute approximate surface area is 141 Å². The highest BCUT2D eigenvalue weighted by atomic mass is 79.9. The molecule has 1 amide bonds. The molecule has 0 bridgehead atoms. The van der Waals surface area contributed by atoms with Crippen LogP contribution in [0.1, 0.15) is 17.4 Å². The highest BCUT2D eigenvalue weighted by molar-refractivity contribution is 9.10. The van der Waals surface area contributed by atoms with E-state index in [0.717, 1.165) is 11.0 Å². The van der Waals surface area contributed by atoms with Crippen LogP contribution in [0.25, 0.3) is 0 Å². The van der Waals surface area contributed by atoms with E-state index in [0.29, 0.717) is 21.6 Å². The molecule has 0 saturated carbocycles. The Kier molecular flexibility index (Phi) is 5.45. The van der Waals surface area contributed by atoms with Gasteiger partial charge < -0.3 is 10.6 Å². The van der Waals surface area contributed by atoms with Crippen molar-refractivity contribution in [3.05, 3.63) is 50.5 Å². The molecule has 4 nitrogen and oxygen atoms in total. The van der Waals surface area contributed by atoms with Gasteiger partial charge in [-0.15, -0.1) is 0 Å². The van der Waals surface area contributed by atoms with Gasteiger partial charge in [-0.3, -0.25) is 4.79 Å². The summed E-state index contributed by atoms with van der Waals surface area (Å²) in [6, 6.07) is 8.48. The van der Waals surface area contributed by atoms with Crippen LogP contribution in [-0.2, 0) is 0 Å². The number of nitrogens with one attached hydrogen (secondary N) is 2. The number of carbonyl (C=O) groups is 1. The number of rotatable bonds is 4. The molecule has 1 heterocycles. The molecule has 2 aromatic rings. The van der Waals surface area contributed by atoms with Crippen molar-refractivity contribution in [2.24, 2.45) is 0 Å². The number of hydrogen-bond acceptors (Lipinski definition) is 3. The van der Waals surface area contributed by atoms with Gasteiger partial charge in [0.1, 0.15) is 11.5 Å². The first-order chi connectivity index (χ1) is 10.0. The molecule has 1 aromatic carbocycles. The van der Waals surface area contributed by atoms with Crippen LogP contribution in [0.2, 0.25) is 10.0 Å². The normalized spacial score (nSPS) is 10.3. The number of carbonyl (C=O) groups excluding carboxylic acids is 1. The van der Waals surface area contributed by atoms with E-state index in [2.05, 4.69) is 31.5 Å². The number of benzene rings is 1. The molecule has 0 unspecified atom stereocenters. The Balaban J connectivity index is 2.24. The zero-order valence-corrected chi connectivity index (χ0v) is 14.2. The third kappa shape index (κ3) is 4.09. The molecule has 0 aliphatic rings. The van der Waals surface area contributed by atoms with Crippen molar-refractivity contribution in [2.45, 2.75) is 6.92 Å². The number of pyridine rings is 1. The monoisotopic (exact) mass is 387 g/mol. The number of halogens is 3. The van der Waals surface area contributed by atoms with Crippen LogP contribution in [0.5, 0.6) is 0 Å². The molecule has 7 heteroatoms. The van der Waals surface area contributed by atoms with Gasteiger partial charge in [-0.1, -0.05) is 45.2 Å². The molecule has 21 heavy (non-hydrogen) atoms. The van der Waals surface area contributed by atoms with Crippen molar-refractivity contribution < 1.29 is 4.79 Å². The summed E-state index contributed by atoms with van der Waals surface area (Å²) in [6.45, 7) is 2.68. The lowest BCUT2D eigenvalue weighted by molar-refractivity contribution is 0.102. The Morgan fingerprint density at radius 2 is 1.95 bits per heavy atom. The molecule has 0 aliphatic heterocycles. The Hall–Kier alpha value is -1.30. The summed E-state index contributed by atoms with van der Waals surface area (Å²) in [6.07, 6.45) is 0. The number of hydrogen-bond donors (Lipinski definition) is 2. The molecule has 1 aromatic heterocycles. The molecule has 0 fully saturated rings. The minimum atomic E-state index is -0.374. The van der Waals surface area contributed by atoms with Gasteiger partial charge in [-0.2, -0.15) is 0 Å². The lowest BCUT2D eigenvalue weighted by Crippen LogP contribution is -2.15. The van der Waals surface area contributed by atoms with Gasteiger partial charge in [0.25, 0.3) is 5.91 Å². The van der Waals surface area contributed by atoms with Crippen LogP contribution in [-0.4, -0.2) is 17.4 Å². The van der Waals surface area contributed by atoms with Crippen LogP contribution in [0.4, 0.5) is 11.5 Å². The van der Waals surface area contributed by atoms with Crippen molar-refractivity contribution in [3.63, 3.8) is 0 Å². The predicted molar refractivity (Wildman–Crippen MR) is 90.5 cm³/mol. The van der Waals surface area contributed by atoms with Gasteiger partial charge in [0, 0.05) is 11.0 Å². The van der Waals surface area contributed by atoms with Gasteiger partial charge in [-0.05, 0) is 31.2 Å². The molecular formula is C14H12BrCl2N3O. The van der Waals surface area contributed by atoms with Gasteiger partial charge in [0.05, 0.1) is 15.7 Å². The fourth-order valence-corrected chi connectivity index (χ4v) is 2.98. The van der Waals surface area contributed by atoms with E-state index in [4.69, 9.17) is 23.2 Å². The van der Waals surface area contributed by atoms with Crippen molar-refractivity contribution in [2.75, 3.05) is 17.2 Å². The molecule has 110 valence electrons. The van der Waals surface area contributed by atoms with Crippen LogP contribution < -0.4 is 10.6 Å². The Morgan fingerprint density at radius 3 is 2.57 bits per heavy atom. The van der Waals surface area contributed by atoms with E-state index in [-0.39, 0.29) is 11.6 Å². The van der Waals surface area contributed by atoms with Crippen LogP contribution in [0.15, 0.2) is 34.8 Å². The molecule has 0 aliphatic carbocycles. The first-order valence-electron chi connectivity index (χ1n) is 6.18. The first kappa shape index (κ1) is 16.1. The molecular weight excluding hydrogens is 377 g/mol. The summed E-state index contributed by atoms with van der Waals surface area (Å²) < 4.78 is 0.739. The minimum absolute atomic E-state index is 0.281. The topological polar surface area (TPSA) is 54.0 Å². The second kappa shape index (κ2) is 7.11. The fourth-order valence-electron chi connectivity index (χ4n) is 1.68. The number of nitrogens with zero attached hydrogens (tertiary/aromatic N) is 1. The summed E-state index contributed by atoms with van der Waals surface area (Å²) in [7, 11) is 0. The van der Waals surface area contributed by atoms with E-state index in [1.165, 1.54) is 0 Å².